The highest BCUT2D eigenvalue weighted by Crippen LogP contribution is 2.23. The highest BCUT2D eigenvalue weighted by Gasteiger charge is 2.15. The molecule has 4 nitrogen and oxygen atoms in total. The molecule has 0 spiro atoms. The molecule has 0 radical (unpaired) electrons. The van der Waals surface area contributed by atoms with Crippen LogP contribution in [0.5, 0.6) is 0 Å². The maximum atomic E-state index is 12.8. The maximum absolute atomic E-state index is 12.8. The first-order valence-corrected chi connectivity index (χ1v) is 19.3. The summed E-state index contributed by atoms with van der Waals surface area (Å²) in [5.41, 5.74) is 0. The van der Waals surface area contributed by atoms with Crippen LogP contribution in [0.2, 0.25) is 0 Å². The number of hydrogen-bond acceptors (Lipinski definition) is 4. The molecule has 0 aromatic rings. The van der Waals surface area contributed by atoms with Gasteiger partial charge in [-0.3, -0.25) is 4.79 Å². The zero-order valence-electron chi connectivity index (χ0n) is 30.1. The third kappa shape index (κ3) is 29.7. The lowest BCUT2D eigenvalue weighted by atomic mass is 9.89. The molecule has 0 heterocycles. The van der Waals surface area contributed by atoms with E-state index < -0.39 is 0 Å². The van der Waals surface area contributed by atoms with Gasteiger partial charge in [0, 0.05) is 25.3 Å². The Balaban J connectivity index is 4.17. The van der Waals surface area contributed by atoms with Crippen molar-refractivity contribution in [2.24, 2.45) is 5.92 Å². The summed E-state index contributed by atoms with van der Waals surface area (Å²) >= 11 is 0. The average molecular weight is 607 g/mol. The van der Waals surface area contributed by atoms with E-state index in [1.165, 1.54) is 154 Å². The van der Waals surface area contributed by atoms with Crippen molar-refractivity contribution in [1.29, 1.82) is 0 Å². The number of unbranched alkanes of at least 4 members (excludes halogenated alkanes) is 16. The fourth-order valence-electron chi connectivity index (χ4n) is 6.64. The summed E-state index contributed by atoms with van der Waals surface area (Å²) in [5, 5.41) is 3.29. The minimum atomic E-state index is 0.333. The molecular weight excluding hydrogens is 528 g/mol. The lowest BCUT2D eigenvalue weighted by Crippen LogP contribution is -2.33. The zero-order valence-corrected chi connectivity index (χ0v) is 30.1. The first kappa shape index (κ1) is 42.3. The number of nitrogens with one attached hydrogen (secondary N) is 1. The molecule has 1 unspecified atom stereocenters. The van der Waals surface area contributed by atoms with Crippen LogP contribution in [0.25, 0.3) is 0 Å². The van der Waals surface area contributed by atoms with E-state index in [0.717, 1.165) is 38.6 Å². The molecular formula is C39H78N2O2. The Hall–Kier alpha value is -0.740. The van der Waals surface area contributed by atoms with Gasteiger partial charge in [0.2, 0.25) is 0 Å². The molecule has 0 amide bonds. The van der Waals surface area contributed by atoms with Gasteiger partial charge in [-0.1, -0.05) is 142 Å². The van der Waals surface area contributed by atoms with Gasteiger partial charge in [-0.05, 0) is 72.1 Å². The van der Waals surface area contributed by atoms with Gasteiger partial charge in [0.05, 0.1) is 0 Å². The summed E-state index contributed by atoms with van der Waals surface area (Å²) in [4.78, 5) is 26.5. The van der Waals surface area contributed by atoms with Crippen LogP contribution in [-0.2, 0) is 9.59 Å². The van der Waals surface area contributed by atoms with E-state index in [1.807, 2.05) is 7.05 Å². The topological polar surface area (TPSA) is 49.4 Å². The van der Waals surface area contributed by atoms with Gasteiger partial charge < -0.3 is 15.0 Å². The Morgan fingerprint density at radius 3 is 1.51 bits per heavy atom. The second-order valence-electron chi connectivity index (χ2n) is 13.9. The zero-order chi connectivity index (χ0) is 31.8. The molecule has 0 saturated heterocycles. The number of hydrogen-bond donors (Lipinski definition) is 1. The van der Waals surface area contributed by atoms with Crippen LogP contribution in [-0.4, -0.2) is 49.7 Å². The Labute approximate surface area is 270 Å². The van der Waals surface area contributed by atoms with Crippen molar-refractivity contribution in [2.75, 3.05) is 27.2 Å². The van der Waals surface area contributed by atoms with Gasteiger partial charge in [-0.15, -0.1) is 0 Å². The Kier molecular flexibility index (Phi) is 32.1. The molecule has 0 aliphatic carbocycles. The molecule has 0 saturated carbocycles. The van der Waals surface area contributed by atoms with Gasteiger partial charge in [0.15, 0.2) is 0 Å². The monoisotopic (exact) mass is 607 g/mol. The summed E-state index contributed by atoms with van der Waals surface area (Å²) in [6.07, 6.45) is 34.6. The average Bonchev–Trinajstić information content (AvgIpc) is 2.98. The molecule has 0 aromatic heterocycles. The van der Waals surface area contributed by atoms with Crippen molar-refractivity contribution in [3.63, 3.8) is 0 Å². The van der Waals surface area contributed by atoms with Crippen LogP contribution in [0.15, 0.2) is 0 Å². The van der Waals surface area contributed by atoms with Crippen molar-refractivity contribution in [2.45, 2.75) is 207 Å². The minimum Gasteiger partial charge on any atom is -0.320 e. The smallest absolute Gasteiger partial charge is 0.133 e. The number of nitrogens with zero attached hydrogens (tertiary/aromatic N) is 1. The van der Waals surface area contributed by atoms with Gasteiger partial charge >= 0.3 is 0 Å². The first-order valence-electron chi connectivity index (χ1n) is 19.3. The van der Waals surface area contributed by atoms with E-state index in [4.69, 9.17) is 0 Å². The van der Waals surface area contributed by atoms with Gasteiger partial charge in [-0.25, -0.2) is 0 Å². The van der Waals surface area contributed by atoms with Crippen LogP contribution >= 0.6 is 0 Å². The van der Waals surface area contributed by atoms with Gasteiger partial charge in [0.25, 0.3) is 0 Å². The van der Waals surface area contributed by atoms with Crippen LogP contribution in [0, 0.1) is 5.92 Å². The fraction of sp³-hybridized carbons (Fsp3) is 0.949. The number of rotatable bonds is 35. The largest absolute Gasteiger partial charge is 0.320 e. The maximum Gasteiger partial charge on any atom is 0.133 e. The van der Waals surface area contributed by atoms with Crippen LogP contribution < -0.4 is 5.32 Å². The number of carbonyl (C=O) groups is 2. The standard InChI is InChI=1S/C39H78N2O2/c1-6-8-10-21-28-37(29-22-11-9-7-2)35-39(43)32-25-19-15-14-18-24-31-38(41(5)34-26-33-40-4)30-23-17-13-12-16-20-27-36(3)42/h37-38,40H,6-35H2,1-5H3. The van der Waals surface area contributed by atoms with Crippen molar-refractivity contribution in [3.8, 4) is 0 Å². The molecule has 0 aliphatic heterocycles. The summed E-state index contributed by atoms with van der Waals surface area (Å²) in [6, 6.07) is 0.712. The van der Waals surface area contributed by atoms with E-state index in [9.17, 15) is 9.59 Å². The Morgan fingerprint density at radius 1 is 0.581 bits per heavy atom. The molecule has 0 rings (SSSR count). The van der Waals surface area contributed by atoms with E-state index >= 15 is 0 Å². The molecule has 1 N–H and O–H groups in total. The van der Waals surface area contributed by atoms with Gasteiger partial charge in [-0.2, -0.15) is 0 Å². The third-order valence-corrected chi connectivity index (χ3v) is 9.57. The summed E-state index contributed by atoms with van der Waals surface area (Å²) < 4.78 is 0. The summed E-state index contributed by atoms with van der Waals surface area (Å²) in [6.45, 7) is 8.54. The van der Waals surface area contributed by atoms with E-state index in [2.05, 4.69) is 31.1 Å². The number of Topliss-reactive ketones (excluding diaryl/α,β-unsaturated/α-hetero) is 2. The van der Waals surface area contributed by atoms with Crippen LogP contribution in [0.3, 0.4) is 0 Å². The molecule has 1 atom stereocenters. The summed E-state index contributed by atoms with van der Waals surface area (Å²) in [5.74, 6) is 1.51. The van der Waals surface area contributed by atoms with Crippen LogP contribution in [0.4, 0.5) is 0 Å². The van der Waals surface area contributed by atoms with E-state index in [1.54, 1.807) is 6.92 Å². The predicted octanol–water partition coefficient (Wildman–Crippen LogP) is 11.2. The predicted molar refractivity (Wildman–Crippen MR) is 190 cm³/mol. The molecule has 0 aliphatic rings. The molecule has 4 heteroatoms. The Morgan fingerprint density at radius 2 is 1.02 bits per heavy atom. The van der Waals surface area contributed by atoms with Gasteiger partial charge in [0.1, 0.15) is 11.6 Å². The summed E-state index contributed by atoms with van der Waals surface area (Å²) in [7, 11) is 4.38. The number of ketones is 2. The third-order valence-electron chi connectivity index (χ3n) is 9.57. The molecule has 0 aromatic carbocycles. The molecule has 43 heavy (non-hydrogen) atoms. The van der Waals surface area contributed by atoms with Crippen molar-refractivity contribution in [1.82, 2.24) is 10.2 Å². The quantitative estimate of drug-likeness (QED) is 0.0729. The van der Waals surface area contributed by atoms with Crippen molar-refractivity contribution < 1.29 is 9.59 Å². The highest BCUT2D eigenvalue weighted by molar-refractivity contribution is 5.78. The minimum absolute atomic E-state index is 0.333. The molecule has 0 fully saturated rings. The number of carbonyl (C=O) groups excluding carboxylic acids is 2. The van der Waals surface area contributed by atoms with Crippen molar-refractivity contribution >= 4 is 11.6 Å². The highest BCUT2D eigenvalue weighted by atomic mass is 16.1. The molecule has 256 valence electrons. The van der Waals surface area contributed by atoms with E-state index in [0.29, 0.717) is 23.5 Å². The lowest BCUT2D eigenvalue weighted by molar-refractivity contribution is -0.120. The molecule has 0 bridgehead atoms. The fourth-order valence-corrected chi connectivity index (χ4v) is 6.64. The second kappa shape index (κ2) is 32.6. The Bertz CT molecular complexity index is 596. The van der Waals surface area contributed by atoms with Crippen LogP contribution in [0.1, 0.15) is 201 Å². The van der Waals surface area contributed by atoms with E-state index in [-0.39, 0.29) is 0 Å². The lowest BCUT2D eigenvalue weighted by Gasteiger charge is -2.28. The van der Waals surface area contributed by atoms with Crippen molar-refractivity contribution in [3.05, 3.63) is 0 Å². The first-order chi connectivity index (χ1) is 20.9. The normalized spacial score (nSPS) is 12.4. The second-order valence-corrected chi connectivity index (χ2v) is 13.9. The SMILES string of the molecule is CCCCCCC(CCCCCC)CC(=O)CCCCCCCCC(CCCCCCCCC(C)=O)N(C)CCCNC.